The average molecular weight is 240 g/mol. The lowest BCUT2D eigenvalue weighted by Gasteiger charge is -2.07. The van der Waals surface area contributed by atoms with Crippen molar-refractivity contribution in [1.29, 1.82) is 0 Å². The lowest BCUT2D eigenvalue weighted by Crippen LogP contribution is -2.31. The van der Waals surface area contributed by atoms with Gasteiger partial charge in [-0.15, -0.1) is 0 Å². The summed E-state index contributed by atoms with van der Waals surface area (Å²) in [5.74, 6) is -0.556. The van der Waals surface area contributed by atoms with Crippen molar-refractivity contribution in [2.24, 2.45) is 11.7 Å². The Kier molecular flexibility index (Phi) is 9.64. The number of nitrogens with zero attached hydrogens (tertiary/aromatic N) is 1. The molecule has 0 aromatic carbocycles. The van der Waals surface area contributed by atoms with Crippen LogP contribution in [-0.2, 0) is 15.7 Å². The molecule has 0 aliphatic rings. The number of carboxylic acids is 1. The molecule has 3 N–H and O–H groups in total. The van der Waals surface area contributed by atoms with E-state index in [2.05, 4.69) is 0 Å². The molecule has 0 saturated heterocycles. The fourth-order valence-corrected chi connectivity index (χ4v) is 0.609. The zero-order chi connectivity index (χ0) is 12.6. The molecule has 0 rings (SSSR count). The molecule has 0 aromatic heterocycles. The second kappa shape index (κ2) is 8.63. The number of aliphatic carboxylic acids is 1. The first-order chi connectivity index (χ1) is 6.68. The van der Waals surface area contributed by atoms with Crippen molar-refractivity contribution in [2.45, 2.75) is 26.3 Å². The topological polar surface area (TPSA) is 101 Å². The number of nitrogens with two attached hydrogens (primary N) is 1. The first-order valence-corrected chi connectivity index (χ1v) is 5.61. The number of carbonyl (C=O) groups is 1. The van der Waals surface area contributed by atoms with Gasteiger partial charge in [-0.25, -0.2) is 12.7 Å². The van der Waals surface area contributed by atoms with Gasteiger partial charge in [0.2, 0.25) is 10.9 Å². The monoisotopic (exact) mass is 240 g/mol. The van der Waals surface area contributed by atoms with E-state index in [0.717, 1.165) is 4.31 Å². The summed E-state index contributed by atoms with van der Waals surface area (Å²) >= 11 is 0. The number of hydrogen-bond donors (Lipinski definition) is 3. The molecule has 0 heterocycles. The van der Waals surface area contributed by atoms with Gasteiger partial charge in [-0.3, -0.25) is 4.79 Å². The molecular weight excluding hydrogens is 220 g/mol. The molecule has 0 aromatic rings. The Morgan fingerprint density at radius 3 is 1.80 bits per heavy atom. The zero-order valence-electron chi connectivity index (χ0n) is 9.51. The third kappa shape index (κ3) is 13.3. The van der Waals surface area contributed by atoms with Gasteiger partial charge in [-0.1, -0.05) is 13.8 Å². The SMILES string of the molecule is CC(C)C[C@@H](N)C(=O)O.CN(C)[SH](=O)=O. The van der Waals surface area contributed by atoms with Gasteiger partial charge in [-0.05, 0) is 12.3 Å². The van der Waals surface area contributed by atoms with Crippen molar-refractivity contribution in [3.8, 4) is 0 Å². The highest BCUT2D eigenvalue weighted by Gasteiger charge is 2.11. The molecule has 0 spiro atoms. The van der Waals surface area contributed by atoms with Gasteiger partial charge in [0.15, 0.2) is 0 Å². The van der Waals surface area contributed by atoms with Crippen LogP contribution in [-0.4, -0.2) is 43.9 Å². The second-order valence-corrected chi connectivity index (χ2v) is 4.93. The van der Waals surface area contributed by atoms with E-state index in [9.17, 15) is 13.2 Å². The molecule has 15 heavy (non-hydrogen) atoms. The summed E-state index contributed by atoms with van der Waals surface area (Å²) in [6.45, 7) is 3.89. The Morgan fingerprint density at radius 1 is 1.40 bits per heavy atom. The van der Waals surface area contributed by atoms with Crippen LogP contribution < -0.4 is 5.73 Å². The van der Waals surface area contributed by atoms with E-state index in [0.29, 0.717) is 12.3 Å². The first kappa shape index (κ1) is 16.8. The molecule has 0 radical (unpaired) electrons. The molecule has 6 nitrogen and oxygen atoms in total. The summed E-state index contributed by atoms with van der Waals surface area (Å²) in [5, 5.41) is 8.31. The minimum atomic E-state index is -2.33. The molecule has 0 fully saturated rings. The number of rotatable bonds is 4. The summed E-state index contributed by atoms with van der Waals surface area (Å²) < 4.78 is 20.4. The summed E-state index contributed by atoms with van der Waals surface area (Å²) in [6, 6.07) is -0.690. The van der Waals surface area contributed by atoms with Gasteiger partial charge < -0.3 is 10.8 Å². The molecule has 1 atom stereocenters. The standard InChI is InChI=1S/C6H13NO2.C2H7NO2S/c1-4(2)3-5(7)6(8)9;1-3(2)6(4)5/h4-5H,3,7H2,1-2H3,(H,8,9);6H,1-2H3/t5-;/m1./s1. The number of carboxylic acid groups (broad SMARTS) is 1. The van der Waals surface area contributed by atoms with E-state index in [1.807, 2.05) is 13.8 Å². The molecule has 0 bridgehead atoms. The lowest BCUT2D eigenvalue weighted by molar-refractivity contribution is -0.138. The van der Waals surface area contributed by atoms with E-state index in [1.54, 1.807) is 0 Å². The normalized spacial score (nSPS) is 12.5. The van der Waals surface area contributed by atoms with Gasteiger partial charge in [-0.2, -0.15) is 0 Å². The van der Waals surface area contributed by atoms with Crippen LogP contribution in [0.15, 0.2) is 0 Å². The molecule has 7 heteroatoms. The molecule has 0 saturated carbocycles. The van der Waals surface area contributed by atoms with Gasteiger partial charge >= 0.3 is 5.97 Å². The number of thiol groups is 1. The van der Waals surface area contributed by atoms with Crippen molar-refractivity contribution in [2.75, 3.05) is 14.1 Å². The van der Waals surface area contributed by atoms with Crippen LogP contribution >= 0.6 is 0 Å². The molecule has 0 aliphatic carbocycles. The Bertz CT molecular complexity index is 243. The van der Waals surface area contributed by atoms with Crippen molar-refractivity contribution >= 4 is 16.9 Å². The van der Waals surface area contributed by atoms with Crippen LogP contribution in [0, 0.1) is 5.92 Å². The van der Waals surface area contributed by atoms with E-state index in [-0.39, 0.29) is 0 Å². The van der Waals surface area contributed by atoms with Crippen LogP contribution in [0.3, 0.4) is 0 Å². The van der Waals surface area contributed by atoms with Gasteiger partial charge in [0.1, 0.15) is 6.04 Å². The van der Waals surface area contributed by atoms with Crippen molar-refractivity contribution < 1.29 is 18.3 Å². The van der Waals surface area contributed by atoms with Crippen molar-refractivity contribution in [3.05, 3.63) is 0 Å². The van der Waals surface area contributed by atoms with E-state index < -0.39 is 22.9 Å². The third-order valence-electron chi connectivity index (χ3n) is 1.37. The predicted octanol–water partition coefficient (Wildman–Crippen LogP) is -0.481. The van der Waals surface area contributed by atoms with E-state index >= 15 is 0 Å². The lowest BCUT2D eigenvalue weighted by atomic mass is 10.1. The van der Waals surface area contributed by atoms with Crippen LogP contribution in [0.25, 0.3) is 0 Å². The highest BCUT2D eigenvalue weighted by atomic mass is 32.2. The maximum Gasteiger partial charge on any atom is 0.320 e. The van der Waals surface area contributed by atoms with Crippen LogP contribution in [0.1, 0.15) is 20.3 Å². The van der Waals surface area contributed by atoms with Crippen LogP contribution in [0.2, 0.25) is 0 Å². The molecule has 0 unspecified atom stereocenters. The minimum Gasteiger partial charge on any atom is -0.480 e. The largest absolute Gasteiger partial charge is 0.480 e. The average Bonchev–Trinajstić information content (AvgIpc) is 2.03. The van der Waals surface area contributed by atoms with Crippen LogP contribution in [0.4, 0.5) is 0 Å². The predicted molar refractivity (Wildman–Crippen MR) is 59.1 cm³/mol. The van der Waals surface area contributed by atoms with E-state index in [1.165, 1.54) is 14.1 Å². The summed E-state index contributed by atoms with van der Waals surface area (Å²) in [7, 11) is 0.630. The first-order valence-electron chi connectivity index (χ1n) is 4.48. The molecule has 0 aliphatic heterocycles. The Balaban J connectivity index is 0. The van der Waals surface area contributed by atoms with Crippen molar-refractivity contribution in [1.82, 2.24) is 4.31 Å². The summed E-state index contributed by atoms with van der Waals surface area (Å²) in [5.41, 5.74) is 5.22. The minimum absolute atomic E-state index is 0.357. The van der Waals surface area contributed by atoms with Crippen LogP contribution in [0.5, 0.6) is 0 Å². The van der Waals surface area contributed by atoms with Gasteiger partial charge in [0.25, 0.3) is 0 Å². The summed E-state index contributed by atoms with van der Waals surface area (Å²) in [4.78, 5) is 10.1. The quantitative estimate of drug-likeness (QED) is 0.576. The Labute approximate surface area is 92.1 Å². The molecule has 92 valence electrons. The Morgan fingerprint density at radius 2 is 1.73 bits per heavy atom. The second-order valence-electron chi connectivity index (χ2n) is 3.66. The smallest absolute Gasteiger partial charge is 0.320 e. The maximum absolute atomic E-state index is 10.1. The van der Waals surface area contributed by atoms with Gasteiger partial charge in [0.05, 0.1) is 0 Å². The van der Waals surface area contributed by atoms with Crippen molar-refractivity contribution in [3.63, 3.8) is 0 Å². The third-order valence-corrected chi connectivity index (χ3v) is 2.02. The highest BCUT2D eigenvalue weighted by Crippen LogP contribution is 2.01. The van der Waals surface area contributed by atoms with E-state index in [4.69, 9.17) is 10.8 Å². The highest BCUT2D eigenvalue weighted by molar-refractivity contribution is 7.69. The molecule has 0 amide bonds. The number of hydrogen-bond acceptors (Lipinski definition) is 4. The maximum atomic E-state index is 10.1. The summed E-state index contributed by atoms with van der Waals surface area (Å²) in [6.07, 6.45) is 0.551. The fourth-order valence-electron chi connectivity index (χ4n) is 0.609. The molecular formula is C8H20N2O4S. The zero-order valence-corrected chi connectivity index (χ0v) is 10.4. The van der Waals surface area contributed by atoms with Gasteiger partial charge in [0, 0.05) is 14.1 Å². The fraction of sp³-hybridized carbons (Fsp3) is 0.875. The Hall–Kier alpha value is -0.660.